The number of carboxylic acids is 1. The SMILES string of the molecule is C#Cc1cc(-c2cccc(C#N)c2OC)nc(N)n1.CC1CCC([C@@H](C)c2cccc(CN=[N+]=[N-])n2)CC1.CC1CCC([C@@H](C)c2cccc(CO)n2)CC1.COc1c(C#N)cccc1-c1cc(-c2cn(Cc3cccc([C@H](C)C4CCC(C(=O)O)CC4)n3)nn2)nc(N)n1.O=C=O.O=C=O. The Morgan fingerprint density at radius 3 is 1.48 bits per heavy atom. The summed E-state index contributed by atoms with van der Waals surface area (Å²) in [6, 6.07) is 36.0. The molecule has 0 bridgehead atoms. The average molecular weight is 1370 g/mol. The fraction of sp³-hybridized carbons (Fsp3) is 0.413. The molecule has 3 atom stereocenters. The molecule has 524 valence electrons. The van der Waals surface area contributed by atoms with Crippen molar-refractivity contribution >= 4 is 30.2 Å². The summed E-state index contributed by atoms with van der Waals surface area (Å²) in [4.78, 5) is 77.4. The fourth-order valence-corrected chi connectivity index (χ4v) is 13.0. The second kappa shape index (κ2) is 40.4. The molecular weight excluding hydrogens is 1280 g/mol. The third kappa shape index (κ3) is 23.0. The molecule has 0 radical (unpaired) electrons. The number of hydrogen-bond acceptors (Lipinski definition) is 22. The van der Waals surface area contributed by atoms with E-state index in [4.69, 9.17) is 67.4 Å². The lowest BCUT2D eigenvalue weighted by atomic mass is 9.75. The number of carbonyl (C=O) groups is 1. The molecule has 0 aliphatic heterocycles. The van der Waals surface area contributed by atoms with E-state index in [0.29, 0.717) is 93.1 Å². The fourth-order valence-electron chi connectivity index (χ4n) is 13.0. The van der Waals surface area contributed by atoms with E-state index in [1.54, 1.807) is 59.4 Å². The molecule has 26 heteroatoms. The van der Waals surface area contributed by atoms with Gasteiger partial charge >= 0.3 is 18.3 Å². The molecule has 0 amide bonds. The zero-order valence-corrected chi connectivity index (χ0v) is 57.9. The highest BCUT2D eigenvalue weighted by atomic mass is 16.5. The highest BCUT2D eigenvalue weighted by Crippen LogP contribution is 2.41. The number of nitrogens with zero attached hydrogens (tertiary/aromatic N) is 15. The molecule has 6 N–H and O–H groups in total. The minimum Gasteiger partial charge on any atom is -0.495 e. The summed E-state index contributed by atoms with van der Waals surface area (Å²) >= 11 is 0. The van der Waals surface area contributed by atoms with E-state index >= 15 is 0 Å². The number of ether oxygens (including phenoxy) is 2. The third-order valence-electron chi connectivity index (χ3n) is 18.7. The van der Waals surface area contributed by atoms with Crippen LogP contribution in [0.15, 0.2) is 114 Å². The zero-order chi connectivity index (χ0) is 73.4. The van der Waals surface area contributed by atoms with Crippen molar-refractivity contribution in [2.45, 2.75) is 149 Å². The molecule has 0 spiro atoms. The molecule has 6 aromatic heterocycles. The first kappa shape index (κ1) is 78.4. The van der Waals surface area contributed by atoms with Crippen LogP contribution in [0.5, 0.6) is 11.5 Å². The maximum atomic E-state index is 11.3. The number of terminal acetylenes is 1. The van der Waals surface area contributed by atoms with E-state index in [1.807, 2.05) is 42.5 Å². The summed E-state index contributed by atoms with van der Waals surface area (Å²) in [6.45, 7) is 12.2. The molecule has 3 fully saturated rings. The van der Waals surface area contributed by atoms with Gasteiger partial charge in [-0.05, 0) is 159 Å². The zero-order valence-electron chi connectivity index (χ0n) is 57.9. The largest absolute Gasteiger partial charge is 0.495 e. The normalized spacial score (nSPS) is 18.0. The number of aliphatic carboxylic acids is 1. The Kier molecular flexibility index (Phi) is 31.3. The number of hydrogen-bond donors (Lipinski definition) is 4. The number of rotatable bonds is 17. The predicted molar refractivity (Wildman–Crippen MR) is 374 cm³/mol. The molecule has 8 aromatic rings. The minimum atomic E-state index is -0.688. The number of nitrogen functional groups attached to an aromatic ring is 2. The smallest absolute Gasteiger partial charge is 0.373 e. The number of azide groups is 1. The minimum absolute atomic E-state index is 0.0439. The molecule has 11 rings (SSSR count). The van der Waals surface area contributed by atoms with Crippen LogP contribution in [0.1, 0.15) is 180 Å². The topological polar surface area (TPSA) is 414 Å². The quantitative estimate of drug-likeness (QED) is 0.0285. The van der Waals surface area contributed by atoms with Gasteiger partial charge in [0.15, 0.2) is 0 Å². The van der Waals surface area contributed by atoms with Crippen LogP contribution >= 0.6 is 0 Å². The maximum absolute atomic E-state index is 11.3. The molecule has 2 aromatic carbocycles. The van der Waals surface area contributed by atoms with Crippen molar-refractivity contribution < 1.29 is 43.7 Å². The molecular formula is C75H85N17O9. The molecule has 101 heavy (non-hydrogen) atoms. The van der Waals surface area contributed by atoms with E-state index in [9.17, 15) is 15.2 Å². The number of carbonyl (C=O) groups excluding carboxylic acids is 4. The van der Waals surface area contributed by atoms with Gasteiger partial charge in [-0.25, -0.2) is 24.6 Å². The molecule has 3 aliphatic rings. The van der Waals surface area contributed by atoms with Gasteiger partial charge in [-0.3, -0.25) is 19.7 Å². The Bertz CT molecular complexity index is 4260. The second-order valence-corrected chi connectivity index (χ2v) is 25.2. The Morgan fingerprint density at radius 1 is 0.614 bits per heavy atom. The third-order valence-corrected chi connectivity index (χ3v) is 18.7. The van der Waals surface area contributed by atoms with E-state index in [-0.39, 0.29) is 42.6 Å². The molecule has 3 aliphatic carbocycles. The Balaban J connectivity index is 0.000000222. The molecule has 26 nitrogen and oxygen atoms in total. The molecule has 6 heterocycles. The summed E-state index contributed by atoms with van der Waals surface area (Å²) in [5, 5.41) is 49.1. The number of benzene rings is 2. The molecule has 3 saturated carbocycles. The number of aliphatic hydroxyl groups is 1. The second-order valence-electron chi connectivity index (χ2n) is 25.2. The van der Waals surface area contributed by atoms with Gasteiger partial charge in [0.1, 0.15) is 35.0 Å². The van der Waals surface area contributed by atoms with E-state index in [1.165, 1.54) is 65.6 Å². The summed E-state index contributed by atoms with van der Waals surface area (Å²) in [7, 11) is 3.00. The van der Waals surface area contributed by atoms with Gasteiger partial charge in [0, 0.05) is 56.6 Å². The van der Waals surface area contributed by atoms with Crippen molar-refractivity contribution in [3.05, 3.63) is 171 Å². The van der Waals surface area contributed by atoms with Crippen LogP contribution in [0.2, 0.25) is 0 Å². The first-order chi connectivity index (χ1) is 48.8. The number of aliphatic hydroxyl groups excluding tert-OH is 1. The Morgan fingerprint density at radius 2 is 1.03 bits per heavy atom. The summed E-state index contributed by atoms with van der Waals surface area (Å²) in [5.41, 5.74) is 30.3. The van der Waals surface area contributed by atoms with E-state index in [2.05, 4.69) is 115 Å². The van der Waals surface area contributed by atoms with Crippen LogP contribution in [0, 0.1) is 70.5 Å². The van der Waals surface area contributed by atoms with Crippen LogP contribution in [0.4, 0.5) is 11.9 Å². The number of carboxylic acid groups (broad SMARTS) is 1. The van der Waals surface area contributed by atoms with Crippen molar-refractivity contribution in [1.29, 1.82) is 10.5 Å². The first-order valence-electron chi connectivity index (χ1n) is 33.3. The molecule has 0 saturated heterocycles. The van der Waals surface area contributed by atoms with Gasteiger partial charge in [0.05, 0.1) is 85.6 Å². The van der Waals surface area contributed by atoms with Gasteiger partial charge in [-0.2, -0.15) is 29.7 Å². The summed E-state index contributed by atoms with van der Waals surface area (Å²) in [6.07, 6.45) is 21.5. The van der Waals surface area contributed by atoms with Crippen molar-refractivity contribution in [3.8, 4) is 69.9 Å². The van der Waals surface area contributed by atoms with Crippen LogP contribution in [-0.2, 0) is 43.7 Å². The monoisotopic (exact) mass is 1370 g/mol. The van der Waals surface area contributed by atoms with E-state index < -0.39 is 5.97 Å². The number of aromatic nitrogens is 10. The standard InChI is InChI=1S/C29H30N8O3.C15H22N4.C15H23NO.C14H10N4O.2CO2/c1-17(18-9-11-19(12-10-18)28(38)39)23-8-4-6-21(32-23)15-37-16-26(35-36-37)25-13-24(33-29(31)34-25)22-7-3-5-20(14-30)27(22)40-2;1-11-6-8-13(9-7-11)12(2)15-5-3-4-14(18-15)10-17-19-16;1-11-6-8-13(9-7-11)12(2)15-5-3-4-14(10-17)16-15;1-3-10-7-12(18-14(16)17-10)11-6-4-5-9(8-15)13(11)19-2;2*2-1-3/h3-8,13,16-19H,9-12,15H2,1-2H3,(H,38,39)(H2,31,33,34);3-5,11-13H,6-10H2,1-2H3;3-5,11-13,17H,6-10H2,1-2H3;1,4-7H,2H3,(H2,16,17,18);;/t17-,18?,19?;2*11?,12-,13?;;;/m111.../s1. The van der Waals surface area contributed by atoms with Gasteiger partial charge in [0.25, 0.3) is 0 Å². The number of nitriles is 2. The number of para-hydroxylation sites is 2. The lowest BCUT2D eigenvalue weighted by molar-refractivity contribution is -0.193. The summed E-state index contributed by atoms with van der Waals surface area (Å²) in [5.74, 6) is 7.45. The number of anilines is 2. The lowest BCUT2D eigenvalue weighted by Gasteiger charge is -2.30. The van der Waals surface area contributed by atoms with Crippen LogP contribution in [0.3, 0.4) is 0 Å². The van der Waals surface area contributed by atoms with Crippen LogP contribution in [-0.4, -0.2) is 92.6 Å². The first-order valence-corrected chi connectivity index (χ1v) is 33.3. The predicted octanol–water partition coefficient (Wildman–Crippen LogP) is 13.0. The number of pyridine rings is 3. The Hall–Kier alpha value is -11.6. The van der Waals surface area contributed by atoms with Crippen molar-refractivity contribution in [2.24, 2.45) is 40.6 Å². The van der Waals surface area contributed by atoms with E-state index in [0.717, 1.165) is 83.5 Å². The van der Waals surface area contributed by atoms with Gasteiger partial charge in [-0.15, -0.1) is 11.5 Å². The highest BCUT2D eigenvalue weighted by Gasteiger charge is 2.31. The highest BCUT2D eigenvalue weighted by molar-refractivity contribution is 5.75. The van der Waals surface area contributed by atoms with Crippen molar-refractivity contribution in [3.63, 3.8) is 0 Å². The van der Waals surface area contributed by atoms with Gasteiger partial charge in [0.2, 0.25) is 11.9 Å². The maximum Gasteiger partial charge on any atom is 0.373 e. The molecule has 0 unspecified atom stereocenters. The lowest BCUT2D eigenvalue weighted by Crippen LogP contribution is -2.24. The average Bonchev–Trinajstić information content (AvgIpc) is 1.71. The van der Waals surface area contributed by atoms with Crippen molar-refractivity contribution in [1.82, 2.24) is 49.9 Å². The summed E-state index contributed by atoms with van der Waals surface area (Å²) < 4.78 is 12.4. The van der Waals surface area contributed by atoms with Crippen molar-refractivity contribution in [2.75, 3.05) is 25.7 Å². The van der Waals surface area contributed by atoms with Crippen LogP contribution in [0.25, 0.3) is 44.3 Å². The Labute approximate surface area is 587 Å². The van der Waals surface area contributed by atoms with Gasteiger partial charge in [-0.1, -0.05) is 107 Å². The van der Waals surface area contributed by atoms with Gasteiger partial charge < -0.3 is 31.2 Å². The van der Waals surface area contributed by atoms with Crippen LogP contribution < -0.4 is 20.9 Å². The number of methoxy groups -OCH3 is 2. The number of nitrogens with two attached hydrogens (primary N) is 2.